The van der Waals surface area contributed by atoms with Gasteiger partial charge in [-0.2, -0.15) is 13.2 Å². The average molecular weight is 1000 g/mol. The van der Waals surface area contributed by atoms with Crippen LogP contribution in [0.25, 0.3) is 0 Å². The number of nitrogens with two attached hydrogens (primary N) is 1. The standard InChI is InChI=1S/C46H65N9O9.C2HF3O2/c1-7-14-33(54-44(62)34(15-8-2)53-42(60)28(6)51-41(59)27(5)47)43(61)50-25-37(56)52-35(24-26(3)4)46(64)55-23-12-20-36(55)45(63)49-22-13-21-48-32-19-11-18-31-38(32)40(58)30-17-10-9-16-29(30)39(31)57;3-2(4,5)1(6)7/h9-11,16-19,26-28,33-36,48H,7-8,12-15,20-25,47H2,1-6H3,(H,49,63)(H,50,61)(H,51,59)(H,52,56)(H,53,60)(H,54,62);(H,6,7)/t27-,28+,33+,34+,35+,36+;/m1./s1. The fourth-order valence-corrected chi connectivity index (χ4v) is 7.76. The Kier molecular flexibility index (Phi) is 22.6. The van der Waals surface area contributed by atoms with Crippen molar-refractivity contribution in [2.45, 2.75) is 135 Å². The zero-order valence-corrected chi connectivity index (χ0v) is 40.8. The number of nitrogens with one attached hydrogen (secondary N) is 7. The third-order valence-electron chi connectivity index (χ3n) is 11.4. The molecule has 1 heterocycles. The number of halogens is 3. The van der Waals surface area contributed by atoms with Crippen LogP contribution in [0.2, 0.25) is 0 Å². The van der Waals surface area contributed by atoms with Gasteiger partial charge in [-0.25, -0.2) is 4.79 Å². The molecule has 4 rings (SSSR count). The molecular formula is C48H66F3N9O11. The monoisotopic (exact) mass is 1000 g/mol. The van der Waals surface area contributed by atoms with Crippen molar-refractivity contribution in [2.75, 3.05) is 31.5 Å². The van der Waals surface area contributed by atoms with Gasteiger partial charge in [0.2, 0.25) is 41.4 Å². The number of carbonyl (C=O) groups excluding carboxylic acids is 9. The van der Waals surface area contributed by atoms with Gasteiger partial charge in [0, 0.05) is 42.0 Å². The molecule has 0 unspecified atom stereocenters. The number of hydrogen-bond acceptors (Lipinski definition) is 12. The van der Waals surface area contributed by atoms with Crippen molar-refractivity contribution in [3.63, 3.8) is 0 Å². The van der Waals surface area contributed by atoms with Gasteiger partial charge < -0.3 is 53.0 Å². The van der Waals surface area contributed by atoms with E-state index in [1.165, 1.54) is 18.7 Å². The smallest absolute Gasteiger partial charge is 0.475 e. The summed E-state index contributed by atoms with van der Waals surface area (Å²) in [7, 11) is 0. The lowest BCUT2D eigenvalue weighted by molar-refractivity contribution is -0.192. The van der Waals surface area contributed by atoms with Crippen molar-refractivity contribution in [1.29, 1.82) is 0 Å². The fourth-order valence-electron chi connectivity index (χ4n) is 7.76. The second-order valence-corrected chi connectivity index (χ2v) is 17.7. The number of rotatable bonds is 23. The fraction of sp³-hybridized carbons (Fsp3) is 0.542. The van der Waals surface area contributed by atoms with Gasteiger partial charge >= 0.3 is 12.1 Å². The van der Waals surface area contributed by atoms with E-state index in [4.69, 9.17) is 15.6 Å². The number of alkyl halides is 3. The molecule has 2 aromatic rings. The molecule has 0 radical (unpaired) electrons. The van der Waals surface area contributed by atoms with E-state index < -0.39 is 90.4 Å². The second kappa shape index (κ2) is 27.5. The van der Waals surface area contributed by atoms with Crippen molar-refractivity contribution >= 4 is 64.6 Å². The summed E-state index contributed by atoms with van der Waals surface area (Å²) in [4.78, 5) is 129. The summed E-state index contributed by atoms with van der Waals surface area (Å²) < 4.78 is 31.7. The van der Waals surface area contributed by atoms with Gasteiger partial charge in [-0.05, 0) is 64.4 Å². The Hall–Kier alpha value is -6.91. The summed E-state index contributed by atoms with van der Waals surface area (Å²) in [6.07, 6.45) is -1.73. The van der Waals surface area contributed by atoms with Crippen LogP contribution < -0.4 is 43.0 Å². The molecule has 10 N–H and O–H groups in total. The largest absolute Gasteiger partial charge is 0.490 e. The minimum atomic E-state index is -5.08. The van der Waals surface area contributed by atoms with Crippen molar-refractivity contribution in [3.8, 4) is 0 Å². The van der Waals surface area contributed by atoms with Crippen LogP contribution in [-0.4, -0.2) is 137 Å². The Labute approximate surface area is 409 Å². The SMILES string of the molecule is CCC[C@H](NC(=O)[C@H](C)NC(=O)[C@@H](C)N)C(=O)N[C@@H](CCC)C(=O)NCC(=O)N[C@@H](CC(C)C)C(=O)N1CCC[C@H]1C(=O)NCCCNc1cccc2c1C(=O)c1ccccc1C2=O.O=C(O)C(F)(F)F. The third-order valence-corrected chi connectivity index (χ3v) is 11.4. The molecule has 2 aliphatic rings. The number of nitrogens with zero attached hydrogens (tertiary/aromatic N) is 1. The van der Waals surface area contributed by atoms with Gasteiger partial charge in [0.05, 0.1) is 18.2 Å². The second-order valence-electron chi connectivity index (χ2n) is 17.7. The molecular weight excluding hydrogens is 936 g/mol. The Balaban J connectivity index is 0.00000176. The maximum absolute atomic E-state index is 14.0. The molecule has 1 aliphatic heterocycles. The minimum absolute atomic E-state index is 0.00575. The Morgan fingerprint density at radius 2 is 1.31 bits per heavy atom. The van der Waals surface area contributed by atoms with Crippen LogP contribution in [0.1, 0.15) is 125 Å². The van der Waals surface area contributed by atoms with Crippen molar-refractivity contribution < 1.29 is 66.2 Å². The van der Waals surface area contributed by atoms with Crippen molar-refractivity contribution in [3.05, 3.63) is 64.7 Å². The lowest BCUT2D eigenvalue weighted by Gasteiger charge is -2.29. The first-order valence-electron chi connectivity index (χ1n) is 23.6. The summed E-state index contributed by atoms with van der Waals surface area (Å²) in [5.41, 5.74) is 7.51. The molecule has 71 heavy (non-hydrogen) atoms. The first-order valence-corrected chi connectivity index (χ1v) is 23.6. The maximum atomic E-state index is 14.0. The van der Waals surface area contributed by atoms with E-state index in [1.807, 2.05) is 27.7 Å². The predicted octanol–water partition coefficient (Wildman–Crippen LogP) is 2.07. The summed E-state index contributed by atoms with van der Waals surface area (Å²) in [5.74, 6) is -6.92. The number of carboxylic acids is 1. The number of carboxylic acid groups (broad SMARTS) is 1. The van der Waals surface area contributed by atoms with E-state index in [0.29, 0.717) is 73.1 Å². The van der Waals surface area contributed by atoms with Crippen LogP contribution in [0.15, 0.2) is 42.5 Å². The number of amides is 7. The number of hydrogen-bond donors (Lipinski definition) is 9. The highest BCUT2D eigenvalue weighted by molar-refractivity contribution is 6.30. The Bertz CT molecular complexity index is 2270. The zero-order chi connectivity index (χ0) is 53.2. The molecule has 6 atom stereocenters. The van der Waals surface area contributed by atoms with Gasteiger partial charge in [0.1, 0.15) is 30.2 Å². The highest BCUT2D eigenvalue weighted by Gasteiger charge is 2.39. The molecule has 1 fully saturated rings. The number of benzene rings is 2. The van der Waals surface area contributed by atoms with Crippen LogP contribution in [0.3, 0.4) is 0 Å². The highest BCUT2D eigenvalue weighted by atomic mass is 19.4. The van der Waals surface area contributed by atoms with Gasteiger partial charge in [0.15, 0.2) is 11.6 Å². The number of ketones is 2. The lowest BCUT2D eigenvalue weighted by Crippen LogP contribution is -2.57. The van der Waals surface area contributed by atoms with Crippen LogP contribution in [0, 0.1) is 5.92 Å². The molecule has 7 amide bonds. The minimum Gasteiger partial charge on any atom is -0.475 e. The third kappa shape index (κ3) is 17.2. The number of aliphatic carboxylic acids is 1. The normalized spacial score (nSPS) is 16.0. The predicted molar refractivity (Wildman–Crippen MR) is 254 cm³/mol. The van der Waals surface area contributed by atoms with Crippen LogP contribution in [0.4, 0.5) is 18.9 Å². The number of carbonyl (C=O) groups is 10. The van der Waals surface area contributed by atoms with Gasteiger partial charge in [-0.3, -0.25) is 43.2 Å². The summed E-state index contributed by atoms with van der Waals surface area (Å²) >= 11 is 0. The quantitative estimate of drug-likeness (QED) is 0.0616. The van der Waals surface area contributed by atoms with E-state index in [2.05, 4.69) is 37.2 Å². The molecule has 0 saturated carbocycles. The van der Waals surface area contributed by atoms with Crippen LogP contribution in [-0.2, 0) is 38.4 Å². The van der Waals surface area contributed by atoms with Gasteiger partial charge in [0.25, 0.3) is 0 Å². The number of anilines is 1. The summed E-state index contributed by atoms with van der Waals surface area (Å²) in [5, 5.41) is 26.4. The number of likely N-dealkylation sites (tertiary alicyclic amines) is 1. The zero-order valence-electron chi connectivity index (χ0n) is 40.8. The van der Waals surface area contributed by atoms with E-state index in [0.717, 1.165) is 0 Å². The first-order chi connectivity index (χ1) is 33.4. The molecule has 0 aromatic heterocycles. The first kappa shape index (κ1) is 58.4. The molecule has 0 bridgehead atoms. The Morgan fingerprint density at radius 3 is 1.89 bits per heavy atom. The van der Waals surface area contributed by atoms with Crippen molar-refractivity contribution in [2.24, 2.45) is 11.7 Å². The van der Waals surface area contributed by atoms with E-state index in [1.54, 1.807) is 42.5 Å². The topological polar surface area (TPSA) is 304 Å². The maximum Gasteiger partial charge on any atom is 0.490 e. The van der Waals surface area contributed by atoms with Gasteiger partial charge in [-0.1, -0.05) is 76.9 Å². The van der Waals surface area contributed by atoms with E-state index in [-0.39, 0.29) is 49.2 Å². The molecule has 1 aliphatic carbocycles. The molecule has 20 nitrogen and oxygen atoms in total. The highest BCUT2D eigenvalue weighted by Crippen LogP contribution is 2.32. The molecule has 1 saturated heterocycles. The van der Waals surface area contributed by atoms with Crippen molar-refractivity contribution in [1.82, 2.24) is 36.8 Å². The summed E-state index contributed by atoms with van der Waals surface area (Å²) in [6.45, 7) is 10.9. The Morgan fingerprint density at radius 1 is 0.732 bits per heavy atom. The molecule has 0 spiro atoms. The van der Waals surface area contributed by atoms with Crippen LogP contribution >= 0.6 is 0 Å². The molecule has 390 valence electrons. The average Bonchev–Trinajstić information content (AvgIpc) is 3.81. The van der Waals surface area contributed by atoms with Gasteiger partial charge in [-0.15, -0.1) is 0 Å². The summed E-state index contributed by atoms with van der Waals surface area (Å²) in [6, 6.07) is 6.32. The van der Waals surface area contributed by atoms with Crippen LogP contribution in [0.5, 0.6) is 0 Å². The molecule has 2 aromatic carbocycles. The van der Waals surface area contributed by atoms with E-state index in [9.17, 15) is 56.3 Å². The lowest BCUT2D eigenvalue weighted by atomic mass is 9.83. The molecule has 23 heteroatoms. The van der Waals surface area contributed by atoms with E-state index >= 15 is 0 Å². The number of fused-ring (bicyclic) bond motifs is 2.